The maximum absolute atomic E-state index is 12.9. The Morgan fingerprint density at radius 1 is 1.23 bits per heavy atom. The molecule has 3 aromatic rings. The molecule has 0 amide bonds. The van der Waals surface area contributed by atoms with Crippen LogP contribution in [0.5, 0.6) is 0 Å². The summed E-state index contributed by atoms with van der Waals surface area (Å²) in [6.45, 7) is 4.38. The van der Waals surface area contributed by atoms with Crippen LogP contribution >= 0.6 is 11.3 Å². The standard InChI is InChI=1S/C22H21N7OS/c1-13-26-19-20(17(11-24)21(30)27(2)22(19)31-13)28-7-5-18-14(12-28)4-8-29(18)16-3-6-25-15(9-16)10-23/h3,6,9,14,18H,4-5,7-8,12H2,1-2H3/t14-,18+/m1/s1. The Hall–Kier alpha value is -3.43. The maximum atomic E-state index is 12.9. The van der Waals surface area contributed by atoms with Crippen molar-refractivity contribution in [3.63, 3.8) is 0 Å². The number of pyridine rings is 2. The molecule has 0 unspecified atom stereocenters. The lowest BCUT2D eigenvalue weighted by molar-refractivity contribution is 0.396. The smallest absolute Gasteiger partial charge is 0.271 e. The fourth-order valence-electron chi connectivity index (χ4n) is 5.05. The summed E-state index contributed by atoms with van der Waals surface area (Å²) in [5, 5.41) is 19.9. The van der Waals surface area contributed by atoms with Crippen LogP contribution in [-0.2, 0) is 7.05 Å². The number of hydrogen-bond acceptors (Lipinski definition) is 8. The minimum Gasteiger partial charge on any atom is -0.368 e. The number of aromatic nitrogens is 3. The van der Waals surface area contributed by atoms with E-state index < -0.39 is 0 Å². The lowest BCUT2D eigenvalue weighted by Crippen LogP contribution is -2.47. The summed E-state index contributed by atoms with van der Waals surface area (Å²) in [6.07, 6.45) is 3.63. The topological polar surface area (TPSA) is 102 Å². The van der Waals surface area contributed by atoms with Gasteiger partial charge in [0.2, 0.25) is 0 Å². The fourth-order valence-corrected chi connectivity index (χ4v) is 5.93. The number of aryl methyl sites for hydroxylation is 2. The second-order valence-electron chi connectivity index (χ2n) is 8.14. The molecule has 2 aliphatic heterocycles. The van der Waals surface area contributed by atoms with Crippen LogP contribution < -0.4 is 15.4 Å². The molecule has 0 aromatic carbocycles. The molecular weight excluding hydrogens is 410 g/mol. The first-order chi connectivity index (χ1) is 15.0. The van der Waals surface area contributed by atoms with E-state index in [1.54, 1.807) is 17.8 Å². The summed E-state index contributed by atoms with van der Waals surface area (Å²) in [6, 6.07) is 8.46. The Labute approximate surface area is 183 Å². The van der Waals surface area contributed by atoms with Gasteiger partial charge in [0, 0.05) is 44.6 Å². The molecule has 2 atom stereocenters. The Bertz CT molecular complexity index is 1330. The van der Waals surface area contributed by atoms with Gasteiger partial charge in [0.15, 0.2) is 0 Å². The van der Waals surface area contributed by atoms with Crippen molar-refractivity contribution in [2.45, 2.75) is 25.8 Å². The van der Waals surface area contributed by atoms with Gasteiger partial charge in [0.25, 0.3) is 5.56 Å². The second-order valence-corrected chi connectivity index (χ2v) is 9.32. The normalized spacial score (nSPS) is 20.5. The van der Waals surface area contributed by atoms with Crippen LogP contribution in [0.3, 0.4) is 0 Å². The zero-order chi connectivity index (χ0) is 21.7. The van der Waals surface area contributed by atoms with E-state index in [1.165, 1.54) is 11.3 Å². The molecule has 156 valence electrons. The molecule has 3 aromatic heterocycles. The first kappa shape index (κ1) is 19.5. The number of piperidine rings is 1. The Morgan fingerprint density at radius 2 is 2.06 bits per heavy atom. The van der Waals surface area contributed by atoms with Gasteiger partial charge in [-0.05, 0) is 37.8 Å². The zero-order valence-electron chi connectivity index (χ0n) is 17.4. The van der Waals surface area contributed by atoms with Gasteiger partial charge < -0.3 is 14.4 Å². The molecule has 0 N–H and O–H groups in total. The number of anilines is 2. The fraction of sp³-hybridized carbons (Fsp3) is 0.409. The Morgan fingerprint density at radius 3 is 2.84 bits per heavy atom. The van der Waals surface area contributed by atoms with E-state index >= 15 is 0 Å². The molecule has 9 heteroatoms. The average Bonchev–Trinajstić information content (AvgIpc) is 3.39. The molecule has 0 bridgehead atoms. The van der Waals surface area contributed by atoms with E-state index in [4.69, 9.17) is 0 Å². The molecule has 0 aliphatic carbocycles. The number of fused-ring (bicyclic) bond motifs is 2. The van der Waals surface area contributed by atoms with Crippen LogP contribution in [0.25, 0.3) is 10.3 Å². The molecule has 5 rings (SSSR count). The quantitative estimate of drug-likeness (QED) is 0.614. The molecule has 0 saturated carbocycles. The van der Waals surface area contributed by atoms with Crippen LogP contribution in [-0.4, -0.2) is 40.2 Å². The van der Waals surface area contributed by atoms with Crippen LogP contribution in [0.1, 0.15) is 29.1 Å². The SMILES string of the molecule is Cc1nc2c(N3CC[C@H]4[C@H](CCN4c4ccnc(C#N)c4)C3)c(C#N)c(=O)n(C)c2s1. The van der Waals surface area contributed by atoms with Gasteiger partial charge in [-0.1, -0.05) is 0 Å². The summed E-state index contributed by atoms with van der Waals surface area (Å²) < 4.78 is 1.54. The highest BCUT2D eigenvalue weighted by atomic mass is 32.1. The van der Waals surface area contributed by atoms with E-state index in [2.05, 4.69) is 31.9 Å². The maximum Gasteiger partial charge on any atom is 0.271 e. The Balaban J connectivity index is 1.49. The highest BCUT2D eigenvalue weighted by Crippen LogP contribution is 2.39. The van der Waals surface area contributed by atoms with Gasteiger partial charge in [-0.15, -0.1) is 11.3 Å². The average molecular weight is 432 g/mol. The number of thiazole rings is 1. The van der Waals surface area contributed by atoms with Crippen LogP contribution in [0.15, 0.2) is 23.1 Å². The zero-order valence-corrected chi connectivity index (χ0v) is 18.2. The number of nitriles is 2. The van der Waals surface area contributed by atoms with Crippen molar-refractivity contribution in [1.29, 1.82) is 10.5 Å². The van der Waals surface area contributed by atoms with Crippen molar-refractivity contribution in [2.24, 2.45) is 13.0 Å². The van der Waals surface area contributed by atoms with E-state index in [1.807, 2.05) is 19.1 Å². The van der Waals surface area contributed by atoms with Gasteiger partial charge in [-0.3, -0.25) is 4.79 Å². The molecule has 5 heterocycles. The molecule has 0 spiro atoms. The van der Waals surface area contributed by atoms with Gasteiger partial charge >= 0.3 is 0 Å². The Kier molecular flexibility index (Phi) is 4.64. The summed E-state index contributed by atoms with van der Waals surface area (Å²) in [7, 11) is 1.71. The monoisotopic (exact) mass is 431 g/mol. The molecule has 2 saturated heterocycles. The number of rotatable bonds is 2. The lowest BCUT2D eigenvalue weighted by Gasteiger charge is -2.40. The van der Waals surface area contributed by atoms with E-state index in [0.717, 1.165) is 53.5 Å². The van der Waals surface area contributed by atoms with E-state index in [0.29, 0.717) is 23.3 Å². The van der Waals surface area contributed by atoms with Crippen molar-refractivity contribution in [3.05, 3.63) is 44.9 Å². The van der Waals surface area contributed by atoms with Gasteiger partial charge in [0.1, 0.15) is 33.7 Å². The summed E-state index contributed by atoms with van der Waals surface area (Å²) in [5.74, 6) is 0.415. The first-order valence-corrected chi connectivity index (χ1v) is 11.1. The molecule has 2 fully saturated rings. The van der Waals surface area contributed by atoms with Crippen molar-refractivity contribution in [1.82, 2.24) is 14.5 Å². The van der Waals surface area contributed by atoms with Gasteiger partial charge in [-0.25, -0.2) is 9.97 Å². The van der Waals surface area contributed by atoms with Gasteiger partial charge in [-0.2, -0.15) is 10.5 Å². The minimum absolute atomic E-state index is 0.182. The molecule has 31 heavy (non-hydrogen) atoms. The second kappa shape index (κ2) is 7.36. The third-order valence-corrected chi connectivity index (χ3v) is 7.50. The van der Waals surface area contributed by atoms with Crippen LogP contribution in [0, 0.1) is 35.5 Å². The summed E-state index contributed by atoms with van der Waals surface area (Å²) in [5.41, 5.74) is 2.83. The van der Waals surface area contributed by atoms with E-state index in [-0.39, 0.29) is 11.1 Å². The highest BCUT2D eigenvalue weighted by molar-refractivity contribution is 7.18. The first-order valence-electron chi connectivity index (χ1n) is 10.3. The highest BCUT2D eigenvalue weighted by Gasteiger charge is 2.40. The predicted molar refractivity (Wildman–Crippen MR) is 119 cm³/mol. The molecule has 2 aliphatic rings. The third-order valence-electron chi connectivity index (χ3n) is 6.45. The van der Waals surface area contributed by atoms with Crippen molar-refractivity contribution in [2.75, 3.05) is 29.4 Å². The van der Waals surface area contributed by atoms with Crippen molar-refractivity contribution >= 4 is 33.1 Å². The van der Waals surface area contributed by atoms with E-state index in [9.17, 15) is 15.3 Å². The van der Waals surface area contributed by atoms with Gasteiger partial charge in [0.05, 0.1) is 10.7 Å². The van der Waals surface area contributed by atoms with Crippen LogP contribution in [0.4, 0.5) is 11.4 Å². The number of nitrogens with zero attached hydrogens (tertiary/aromatic N) is 7. The molecular formula is C22H21N7OS. The molecule has 0 radical (unpaired) electrons. The summed E-state index contributed by atoms with van der Waals surface area (Å²) in [4.78, 5) is 27.0. The lowest BCUT2D eigenvalue weighted by atomic mass is 9.92. The van der Waals surface area contributed by atoms with Crippen LogP contribution in [0.2, 0.25) is 0 Å². The third kappa shape index (κ3) is 3.05. The van der Waals surface area contributed by atoms with Crippen molar-refractivity contribution < 1.29 is 0 Å². The summed E-state index contributed by atoms with van der Waals surface area (Å²) >= 11 is 1.49. The largest absolute Gasteiger partial charge is 0.368 e. The predicted octanol–water partition coefficient (Wildman–Crippen LogP) is 2.55. The molecule has 8 nitrogen and oxygen atoms in total. The number of hydrogen-bond donors (Lipinski definition) is 0. The van der Waals surface area contributed by atoms with Crippen molar-refractivity contribution in [3.8, 4) is 12.1 Å². The minimum atomic E-state index is -0.260.